The number of piperazine rings is 1. The molecule has 1 N–H and O–H groups in total. The average molecular weight is 493 g/mol. The molecule has 5 heteroatoms. The first-order valence-corrected chi connectivity index (χ1v) is 13.8. The van der Waals surface area contributed by atoms with Crippen molar-refractivity contribution in [1.29, 1.82) is 0 Å². The molecule has 1 heterocycles. The second-order valence-electron chi connectivity index (χ2n) is 11.6. The van der Waals surface area contributed by atoms with Crippen molar-refractivity contribution >= 4 is 6.09 Å². The number of carbonyl (C=O) groups is 1. The van der Waals surface area contributed by atoms with E-state index in [0.29, 0.717) is 13.1 Å². The van der Waals surface area contributed by atoms with Crippen LogP contribution in [0.5, 0.6) is 0 Å². The Morgan fingerprint density at radius 3 is 2.14 bits per heavy atom. The molecule has 0 spiro atoms. The van der Waals surface area contributed by atoms with Gasteiger partial charge in [0.05, 0.1) is 5.60 Å². The summed E-state index contributed by atoms with van der Waals surface area (Å²) in [5, 5.41) is 11.9. The molecular formula is C31H44N2O3. The molecule has 1 amide bonds. The highest BCUT2D eigenvalue weighted by Gasteiger charge is 2.42. The van der Waals surface area contributed by atoms with Crippen molar-refractivity contribution in [3.05, 3.63) is 71.3 Å². The van der Waals surface area contributed by atoms with Gasteiger partial charge in [-0.05, 0) is 69.6 Å². The van der Waals surface area contributed by atoms with E-state index >= 15 is 0 Å². The summed E-state index contributed by atoms with van der Waals surface area (Å²) in [7, 11) is 0. The zero-order chi connectivity index (χ0) is 25.6. The van der Waals surface area contributed by atoms with Crippen LogP contribution < -0.4 is 0 Å². The van der Waals surface area contributed by atoms with Gasteiger partial charge in [-0.3, -0.25) is 4.90 Å². The van der Waals surface area contributed by atoms with Crippen LogP contribution in [0.15, 0.2) is 54.6 Å². The van der Waals surface area contributed by atoms with Crippen molar-refractivity contribution in [1.82, 2.24) is 9.80 Å². The van der Waals surface area contributed by atoms with Gasteiger partial charge in [-0.25, -0.2) is 4.79 Å². The van der Waals surface area contributed by atoms with Gasteiger partial charge in [-0.2, -0.15) is 0 Å². The van der Waals surface area contributed by atoms with Crippen molar-refractivity contribution in [2.75, 3.05) is 26.2 Å². The normalized spacial score (nSPS) is 19.6. The van der Waals surface area contributed by atoms with E-state index in [-0.39, 0.29) is 12.1 Å². The van der Waals surface area contributed by atoms with Gasteiger partial charge < -0.3 is 14.7 Å². The van der Waals surface area contributed by atoms with E-state index < -0.39 is 11.2 Å². The van der Waals surface area contributed by atoms with Gasteiger partial charge in [0.1, 0.15) is 5.60 Å². The topological polar surface area (TPSA) is 53.0 Å². The minimum absolute atomic E-state index is 0.0523. The van der Waals surface area contributed by atoms with E-state index in [1.54, 1.807) is 0 Å². The fraction of sp³-hybridized carbons (Fsp3) is 0.581. The molecule has 196 valence electrons. The van der Waals surface area contributed by atoms with E-state index in [4.69, 9.17) is 4.74 Å². The first-order chi connectivity index (χ1) is 17.2. The van der Waals surface area contributed by atoms with Crippen LogP contribution in [0, 0.1) is 0 Å². The lowest BCUT2D eigenvalue weighted by atomic mass is 9.76. The molecule has 0 bridgehead atoms. The Morgan fingerprint density at radius 1 is 0.889 bits per heavy atom. The molecule has 2 aromatic rings. The molecule has 1 aliphatic heterocycles. The highest BCUT2D eigenvalue weighted by Crippen LogP contribution is 2.36. The number of ether oxygens (including phenoxy) is 1. The zero-order valence-corrected chi connectivity index (χ0v) is 22.4. The first-order valence-electron chi connectivity index (χ1n) is 13.8. The predicted molar refractivity (Wildman–Crippen MR) is 145 cm³/mol. The maximum Gasteiger partial charge on any atom is 0.410 e. The third kappa shape index (κ3) is 7.10. The summed E-state index contributed by atoms with van der Waals surface area (Å²) in [5.41, 5.74) is 2.90. The number of carbonyl (C=O) groups excluding carboxylic acids is 1. The maximum absolute atomic E-state index is 12.6. The summed E-state index contributed by atoms with van der Waals surface area (Å²) in [5.74, 6) is 0. The molecule has 2 fully saturated rings. The molecule has 0 aromatic heterocycles. The number of aliphatic hydroxyl groups is 1. The van der Waals surface area contributed by atoms with Crippen LogP contribution in [0.1, 0.15) is 69.6 Å². The lowest BCUT2D eigenvalue weighted by molar-refractivity contribution is -0.0822. The first kappa shape index (κ1) is 26.7. The third-order valence-corrected chi connectivity index (χ3v) is 7.80. The molecule has 1 atom stereocenters. The van der Waals surface area contributed by atoms with Crippen LogP contribution in [-0.4, -0.2) is 64.4 Å². The minimum atomic E-state index is -0.682. The van der Waals surface area contributed by atoms with E-state index in [2.05, 4.69) is 59.5 Å². The summed E-state index contributed by atoms with van der Waals surface area (Å²) in [4.78, 5) is 16.9. The van der Waals surface area contributed by atoms with Crippen molar-refractivity contribution in [3.8, 4) is 0 Å². The molecule has 4 rings (SSSR count). The number of hydrogen-bond acceptors (Lipinski definition) is 4. The Morgan fingerprint density at radius 2 is 1.50 bits per heavy atom. The van der Waals surface area contributed by atoms with Crippen molar-refractivity contribution in [3.63, 3.8) is 0 Å². The smallest absolute Gasteiger partial charge is 0.410 e. The number of amides is 1. The second-order valence-corrected chi connectivity index (χ2v) is 11.6. The summed E-state index contributed by atoms with van der Waals surface area (Å²) in [6, 6.07) is 19.5. The number of benzene rings is 2. The Kier molecular flexibility index (Phi) is 8.74. The monoisotopic (exact) mass is 492 g/mol. The molecule has 5 nitrogen and oxygen atoms in total. The van der Waals surface area contributed by atoms with Gasteiger partial charge in [0.25, 0.3) is 0 Å². The van der Waals surface area contributed by atoms with Gasteiger partial charge in [-0.15, -0.1) is 0 Å². The molecule has 36 heavy (non-hydrogen) atoms. The van der Waals surface area contributed by atoms with Gasteiger partial charge in [-0.1, -0.05) is 73.9 Å². The fourth-order valence-electron chi connectivity index (χ4n) is 5.83. The third-order valence-electron chi connectivity index (χ3n) is 7.80. The van der Waals surface area contributed by atoms with Crippen LogP contribution in [-0.2, 0) is 24.0 Å². The Bertz CT molecular complexity index is 971. The number of hydrogen-bond donors (Lipinski definition) is 1. The molecule has 1 aliphatic carbocycles. The summed E-state index contributed by atoms with van der Waals surface area (Å²) in [6.07, 6.45) is 7.71. The molecule has 2 aliphatic rings. The maximum atomic E-state index is 12.6. The largest absolute Gasteiger partial charge is 0.444 e. The van der Waals surface area contributed by atoms with Gasteiger partial charge in [0.15, 0.2) is 0 Å². The average Bonchev–Trinajstić information content (AvgIpc) is 2.87. The number of aryl methyl sites for hydroxylation is 2. The lowest BCUT2D eigenvalue weighted by Gasteiger charge is -2.48. The van der Waals surface area contributed by atoms with Gasteiger partial charge >= 0.3 is 6.09 Å². The van der Waals surface area contributed by atoms with E-state index in [1.807, 2.05) is 25.7 Å². The molecule has 1 unspecified atom stereocenters. The van der Waals surface area contributed by atoms with E-state index in [9.17, 15) is 9.90 Å². The molecule has 0 radical (unpaired) electrons. The molecule has 1 saturated carbocycles. The predicted octanol–water partition coefficient (Wildman–Crippen LogP) is 5.63. The SMILES string of the molecule is CC(C)(C)OC(=O)N1CCN(C(Cc2ccccc2CCc2ccccc2)C2(O)CCCCC2)CC1. The summed E-state index contributed by atoms with van der Waals surface area (Å²) in [6.45, 7) is 8.52. The minimum Gasteiger partial charge on any atom is -0.444 e. The number of nitrogens with zero attached hydrogens (tertiary/aromatic N) is 2. The van der Waals surface area contributed by atoms with Crippen molar-refractivity contribution in [2.45, 2.75) is 89.4 Å². The second kappa shape index (κ2) is 11.8. The van der Waals surface area contributed by atoms with Crippen LogP contribution in [0.25, 0.3) is 0 Å². The van der Waals surface area contributed by atoms with Gasteiger partial charge in [0.2, 0.25) is 0 Å². The molecule has 2 aromatic carbocycles. The highest BCUT2D eigenvalue weighted by atomic mass is 16.6. The Hall–Kier alpha value is -2.37. The van der Waals surface area contributed by atoms with Crippen LogP contribution >= 0.6 is 0 Å². The zero-order valence-electron chi connectivity index (χ0n) is 22.4. The quantitative estimate of drug-likeness (QED) is 0.544. The standard InChI is InChI=1S/C31H44N2O3/c1-30(2,3)36-29(34)33-22-20-32(21-23-33)28(31(35)18-10-5-11-19-31)24-27-15-9-8-14-26(27)17-16-25-12-6-4-7-13-25/h4,6-9,12-15,28,35H,5,10-11,16-24H2,1-3H3. The highest BCUT2D eigenvalue weighted by molar-refractivity contribution is 5.68. The number of rotatable bonds is 7. The van der Waals surface area contributed by atoms with Gasteiger partial charge in [0, 0.05) is 32.2 Å². The van der Waals surface area contributed by atoms with E-state index in [0.717, 1.165) is 58.0 Å². The van der Waals surface area contributed by atoms with Crippen molar-refractivity contribution in [2.24, 2.45) is 0 Å². The summed E-state index contributed by atoms with van der Waals surface area (Å²) >= 11 is 0. The van der Waals surface area contributed by atoms with E-state index in [1.165, 1.54) is 23.1 Å². The fourth-order valence-corrected chi connectivity index (χ4v) is 5.83. The van der Waals surface area contributed by atoms with Crippen LogP contribution in [0.4, 0.5) is 4.79 Å². The molecule has 1 saturated heterocycles. The van der Waals surface area contributed by atoms with Crippen molar-refractivity contribution < 1.29 is 14.6 Å². The summed E-state index contributed by atoms with van der Waals surface area (Å²) < 4.78 is 5.60. The van der Waals surface area contributed by atoms with Crippen LogP contribution in [0.3, 0.4) is 0 Å². The Labute approximate surface area is 217 Å². The molecular weight excluding hydrogens is 448 g/mol. The lowest BCUT2D eigenvalue weighted by Crippen LogP contribution is -2.60. The Balaban J connectivity index is 1.49. The van der Waals surface area contributed by atoms with Crippen LogP contribution in [0.2, 0.25) is 0 Å².